The predicted molar refractivity (Wildman–Crippen MR) is 102 cm³/mol. The smallest absolute Gasteiger partial charge is 0.419 e. The van der Waals surface area contributed by atoms with Crippen LogP contribution >= 0.6 is 11.6 Å². The van der Waals surface area contributed by atoms with Crippen LogP contribution in [0, 0.1) is 6.92 Å². The van der Waals surface area contributed by atoms with Crippen LogP contribution < -0.4 is 10.7 Å². The lowest BCUT2D eigenvalue weighted by molar-refractivity contribution is -0.137. The van der Waals surface area contributed by atoms with Crippen LogP contribution in [0.3, 0.4) is 0 Å². The Hall–Kier alpha value is -2.62. The van der Waals surface area contributed by atoms with Crippen molar-refractivity contribution < 1.29 is 28.2 Å². The quantitative estimate of drug-likeness (QED) is 0.533. The third-order valence-electron chi connectivity index (χ3n) is 3.98. The number of anilines is 1. The summed E-state index contributed by atoms with van der Waals surface area (Å²) in [7, 11) is 0. The first-order valence-corrected chi connectivity index (χ1v) is 9.02. The molecule has 0 radical (unpaired) electrons. The molecule has 1 amide bonds. The molecule has 0 saturated carbocycles. The molecule has 29 heavy (non-hydrogen) atoms. The van der Waals surface area contributed by atoms with Crippen LogP contribution in [-0.4, -0.2) is 31.3 Å². The molecule has 11 heteroatoms. The van der Waals surface area contributed by atoms with Crippen molar-refractivity contribution in [3.63, 3.8) is 0 Å². The molecule has 2 aromatic heterocycles. The lowest BCUT2D eigenvalue weighted by atomic mass is 10.1. The maximum atomic E-state index is 12.8. The summed E-state index contributed by atoms with van der Waals surface area (Å²) < 4.78 is 39.2. The summed E-state index contributed by atoms with van der Waals surface area (Å²) in [6.45, 7) is 7.05. The van der Waals surface area contributed by atoms with Crippen LogP contribution in [0.4, 0.5) is 19.0 Å². The topological polar surface area (TPSA) is 99.4 Å². The standard InChI is InChI=1S/C18H22ClF3N4O3/c1-9-10(5-8-13(27)24-17(2,3)4)16(29)26(15(9)28)25-12-7-6-11(14(19)23-12)18(20,21)22/h6-7,28-29H,5,8H2,1-4H3,(H,23,25)(H,24,27). The molecule has 0 atom stereocenters. The molecule has 0 fully saturated rings. The molecular weight excluding hydrogens is 413 g/mol. The van der Waals surface area contributed by atoms with Gasteiger partial charge < -0.3 is 15.5 Å². The average Bonchev–Trinajstić information content (AvgIpc) is 2.74. The fourth-order valence-electron chi connectivity index (χ4n) is 2.65. The summed E-state index contributed by atoms with van der Waals surface area (Å²) in [6.07, 6.45) is -4.44. The third kappa shape index (κ3) is 5.47. The first-order chi connectivity index (χ1) is 13.2. The van der Waals surface area contributed by atoms with E-state index in [0.717, 1.165) is 16.8 Å². The van der Waals surface area contributed by atoms with Gasteiger partial charge in [-0.25, -0.2) is 4.98 Å². The van der Waals surface area contributed by atoms with Crippen LogP contribution in [0.25, 0.3) is 0 Å². The second-order valence-corrected chi connectivity index (χ2v) is 7.89. The van der Waals surface area contributed by atoms with E-state index in [1.165, 1.54) is 6.92 Å². The molecule has 0 unspecified atom stereocenters. The number of amides is 1. The molecule has 2 aromatic rings. The highest BCUT2D eigenvalue weighted by Crippen LogP contribution is 2.36. The number of halogens is 4. The van der Waals surface area contributed by atoms with Crippen molar-refractivity contribution in [2.75, 3.05) is 5.43 Å². The molecule has 0 aliphatic heterocycles. The number of nitrogens with one attached hydrogen (secondary N) is 2. The predicted octanol–water partition coefficient (Wildman–Crippen LogP) is 4.00. The monoisotopic (exact) mass is 434 g/mol. The largest absolute Gasteiger partial charge is 0.493 e. The van der Waals surface area contributed by atoms with Gasteiger partial charge in [0.1, 0.15) is 11.0 Å². The van der Waals surface area contributed by atoms with Crippen molar-refractivity contribution >= 4 is 23.3 Å². The summed E-state index contributed by atoms with van der Waals surface area (Å²) in [4.78, 5) is 15.6. The van der Waals surface area contributed by atoms with Gasteiger partial charge in [0.05, 0.1) is 5.56 Å². The number of hydrogen-bond acceptors (Lipinski definition) is 5. The zero-order chi connectivity index (χ0) is 22.1. The maximum Gasteiger partial charge on any atom is 0.419 e. The van der Waals surface area contributed by atoms with Gasteiger partial charge in [-0.1, -0.05) is 11.6 Å². The molecular formula is C18H22ClF3N4O3. The van der Waals surface area contributed by atoms with Crippen LogP contribution in [0.5, 0.6) is 11.8 Å². The number of nitrogens with zero attached hydrogens (tertiary/aromatic N) is 2. The third-order valence-corrected chi connectivity index (χ3v) is 4.27. The van der Waals surface area contributed by atoms with E-state index in [9.17, 15) is 28.2 Å². The van der Waals surface area contributed by atoms with Gasteiger partial charge in [0, 0.05) is 23.1 Å². The van der Waals surface area contributed by atoms with E-state index in [2.05, 4.69) is 15.7 Å². The zero-order valence-electron chi connectivity index (χ0n) is 16.3. The van der Waals surface area contributed by atoms with Gasteiger partial charge in [0.25, 0.3) is 0 Å². The van der Waals surface area contributed by atoms with Gasteiger partial charge in [-0.3, -0.25) is 10.2 Å². The zero-order valence-corrected chi connectivity index (χ0v) is 17.0. The number of aromatic hydroxyl groups is 2. The minimum atomic E-state index is -4.66. The van der Waals surface area contributed by atoms with Gasteiger partial charge in [0.2, 0.25) is 17.7 Å². The molecule has 2 heterocycles. The molecule has 0 aliphatic carbocycles. The highest BCUT2D eigenvalue weighted by Gasteiger charge is 2.34. The molecule has 0 aromatic carbocycles. The second kappa shape index (κ2) is 8.02. The minimum Gasteiger partial charge on any atom is -0.493 e. The van der Waals surface area contributed by atoms with E-state index in [1.54, 1.807) is 0 Å². The molecule has 2 rings (SSSR count). The SMILES string of the molecule is Cc1c(CCC(=O)NC(C)(C)C)c(O)n(Nc2ccc(C(F)(F)F)c(Cl)n2)c1O. The molecule has 0 aliphatic rings. The fraction of sp³-hybridized carbons (Fsp3) is 0.444. The average molecular weight is 435 g/mol. The molecule has 0 spiro atoms. The normalized spacial score (nSPS) is 12.1. The second-order valence-electron chi connectivity index (χ2n) is 7.53. The Morgan fingerprint density at radius 1 is 1.21 bits per heavy atom. The van der Waals surface area contributed by atoms with Gasteiger partial charge >= 0.3 is 6.18 Å². The Labute approximate surface area is 170 Å². The minimum absolute atomic E-state index is 0.0689. The van der Waals surface area contributed by atoms with Crippen molar-refractivity contribution in [2.24, 2.45) is 0 Å². The van der Waals surface area contributed by atoms with E-state index in [-0.39, 0.29) is 36.3 Å². The summed E-state index contributed by atoms with van der Waals surface area (Å²) in [5.74, 6) is -1.11. The van der Waals surface area contributed by atoms with Crippen molar-refractivity contribution in [3.05, 3.63) is 34.0 Å². The van der Waals surface area contributed by atoms with Gasteiger partial charge in [-0.05, 0) is 46.2 Å². The first kappa shape index (κ1) is 22.7. The molecule has 160 valence electrons. The van der Waals surface area contributed by atoms with E-state index in [4.69, 9.17) is 11.6 Å². The van der Waals surface area contributed by atoms with Crippen LogP contribution in [0.15, 0.2) is 12.1 Å². The maximum absolute atomic E-state index is 12.8. The van der Waals surface area contributed by atoms with Gasteiger partial charge in [0.15, 0.2) is 0 Å². The lowest BCUT2D eigenvalue weighted by Gasteiger charge is -2.20. The number of aromatic nitrogens is 2. The number of rotatable bonds is 5. The van der Waals surface area contributed by atoms with Crippen LogP contribution in [0.2, 0.25) is 5.15 Å². The van der Waals surface area contributed by atoms with Crippen LogP contribution in [-0.2, 0) is 17.4 Å². The summed E-state index contributed by atoms with van der Waals surface area (Å²) in [5.41, 5.74) is 1.62. The fourth-order valence-corrected chi connectivity index (χ4v) is 2.91. The number of hydrogen-bond donors (Lipinski definition) is 4. The van der Waals surface area contributed by atoms with Gasteiger partial charge in [-0.15, -0.1) is 0 Å². The molecule has 0 saturated heterocycles. The number of carbonyl (C=O) groups is 1. The van der Waals surface area contributed by atoms with E-state index < -0.39 is 22.4 Å². The summed E-state index contributed by atoms with van der Waals surface area (Å²) in [6, 6.07) is 1.75. The molecule has 7 nitrogen and oxygen atoms in total. The van der Waals surface area contributed by atoms with Gasteiger partial charge in [-0.2, -0.15) is 17.8 Å². The van der Waals surface area contributed by atoms with Crippen molar-refractivity contribution in [1.82, 2.24) is 15.0 Å². The number of carbonyl (C=O) groups excluding carboxylic acids is 1. The van der Waals surface area contributed by atoms with E-state index in [0.29, 0.717) is 11.1 Å². The van der Waals surface area contributed by atoms with Crippen molar-refractivity contribution in [2.45, 2.75) is 52.3 Å². The van der Waals surface area contributed by atoms with Crippen LogP contribution in [0.1, 0.15) is 43.9 Å². The number of pyridine rings is 1. The summed E-state index contributed by atoms with van der Waals surface area (Å²) in [5, 5.41) is 22.7. The van der Waals surface area contributed by atoms with Crippen molar-refractivity contribution in [3.8, 4) is 11.8 Å². The lowest BCUT2D eigenvalue weighted by Crippen LogP contribution is -2.40. The Balaban J connectivity index is 2.22. The first-order valence-electron chi connectivity index (χ1n) is 8.64. The Morgan fingerprint density at radius 3 is 2.34 bits per heavy atom. The summed E-state index contributed by atoms with van der Waals surface area (Å²) >= 11 is 5.58. The number of alkyl halides is 3. The highest BCUT2D eigenvalue weighted by atomic mass is 35.5. The molecule has 0 bridgehead atoms. The Kier molecular flexibility index (Phi) is 6.27. The highest BCUT2D eigenvalue weighted by molar-refractivity contribution is 6.30. The Morgan fingerprint density at radius 2 is 1.83 bits per heavy atom. The van der Waals surface area contributed by atoms with Crippen molar-refractivity contribution in [1.29, 1.82) is 0 Å². The van der Waals surface area contributed by atoms with E-state index in [1.807, 2.05) is 20.8 Å². The Bertz CT molecular complexity index is 921. The van der Waals surface area contributed by atoms with E-state index >= 15 is 0 Å². The molecule has 4 N–H and O–H groups in total.